The number of nitrogens with zero attached hydrogens (tertiary/aromatic N) is 5. The summed E-state index contributed by atoms with van der Waals surface area (Å²) >= 11 is 0. The fourth-order valence-corrected chi connectivity index (χ4v) is 4.33. The Bertz CT molecular complexity index is 1720. The van der Waals surface area contributed by atoms with Crippen LogP contribution >= 0.6 is 0 Å². The third-order valence-corrected chi connectivity index (χ3v) is 6.19. The molecule has 5 rings (SSSR count). The number of nitrogen functional groups attached to an aromatic ring is 1. The molecule has 2 amide bonds. The molecule has 0 aliphatic heterocycles. The van der Waals surface area contributed by atoms with Gasteiger partial charge in [0.25, 0.3) is 17.7 Å². The van der Waals surface area contributed by atoms with Gasteiger partial charge in [0.15, 0.2) is 0 Å². The van der Waals surface area contributed by atoms with Crippen molar-refractivity contribution in [2.75, 3.05) is 23.5 Å². The zero-order chi connectivity index (χ0) is 27.1. The summed E-state index contributed by atoms with van der Waals surface area (Å²) in [7, 11) is 6.68. The first-order chi connectivity index (χ1) is 18.1. The number of aryl methyl sites for hydroxylation is 3. The number of amides is 2. The standard InChI is InChI=1S/C26H26N8O4/c1-31-12-16(29-25(36)23-30-22(27)14-33(23)3)10-20(31)24(35)28-17-11-21(32(2)13-17)26(37)34-8-7-15-9-18(38-4)5-6-19(15)34/h5-14H,27H2,1-4H3,(H,28,35)(H,29,36). The van der Waals surface area contributed by atoms with Crippen LogP contribution in [0, 0.1) is 0 Å². The first kappa shape index (κ1) is 24.4. The van der Waals surface area contributed by atoms with Crippen LogP contribution in [-0.4, -0.2) is 48.1 Å². The Balaban J connectivity index is 1.32. The minimum atomic E-state index is -0.455. The van der Waals surface area contributed by atoms with Gasteiger partial charge in [0.1, 0.15) is 23.0 Å². The third kappa shape index (κ3) is 4.39. The molecule has 0 saturated carbocycles. The highest BCUT2D eigenvalue weighted by Crippen LogP contribution is 2.24. The van der Waals surface area contributed by atoms with Gasteiger partial charge in [-0.1, -0.05) is 0 Å². The van der Waals surface area contributed by atoms with Crippen molar-refractivity contribution in [3.05, 3.63) is 78.4 Å². The van der Waals surface area contributed by atoms with Crippen LogP contribution in [0.3, 0.4) is 0 Å². The highest BCUT2D eigenvalue weighted by Gasteiger charge is 2.20. The lowest BCUT2D eigenvalue weighted by atomic mass is 10.2. The van der Waals surface area contributed by atoms with Gasteiger partial charge in [-0.3, -0.25) is 19.0 Å². The molecule has 4 heterocycles. The van der Waals surface area contributed by atoms with Crippen LogP contribution in [0.5, 0.6) is 5.75 Å². The minimum Gasteiger partial charge on any atom is -0.497 e. The Morgan fingerprint density at radius 1 is 0.842 bits per heavy atom. The van der Waals surface area contributed by atoms with Crippen LogP contribution in [0.1, 0.15) is 31.6 Å². The van der Waals surface area contributed by atoms with Crippen molar-refractivity contribution in [3.63, 3.8) is 0 Å². The average Bonchev–Trinajstić information content (AvgIpc) is 3.63. The Kier molecular flexibility index (Phi) is 5.99. The molecule has 12 nitrogen and oxygen atoms in total. The van der Waals surface area contributed by atoms with Crippen LogP contribution in [0.15, 0.2) is 61.2 Å². The highest BCUT2D eigenvalue weighted by atomic mass is 16.5. The minimum absolute atomic E-state index is 0.147. The monoisotopic (exact) mass is 514 g/mol. The van der Waals surface area contributed by atoms with E-state index in [2.05, 4.69) is 15.6 Å². The number of anilines is 3. The number of imidazole rings is 1. The number of fused-ring (bicyclic) bond motifs is 1. The van der Waals surface area contributed by atoms with Crippen molar-refractivity contribution in [3.8, 4) is 5.75 Å². The second-order valence-corrected chi connectivity index (χ2v) is 8.87. The first-order valence-corrected chi connectivity index (χ1v) is 11.6. The van der Waals surface area contributed by atoms with Gasteiger partial charge in [-0.15, -0.1) is 0 Å². The molecule has 0 atom stereocenters. The normalized spacial score (nSPS) is 11.1. The predicted octanol–water partition coefficient (Wildman–Crippen LogP) is 2.84. The lowest BCUT2D eigenvalue weighted by Gasteiger charge is -2.06. The number of carbonyl (C=O) groups is 3. The second kappa shape index (κ2) is 9.32. The Morgan fingerprint density at radius 2 is 1.50 bits per heavy atom. The molecule has 5 aromatic rings. The molecule has 38 heavy (non-hydrogen) atoms. The van der Waals surface area contributed by atoms with Gasteiger partial charge in [-0.25, -0.2) is 4.98 Å². The van der Waals surface area contributed by atoms with Crippen molar-refractivity contribution >= 4 is 45.8 Å². The van der Waals surface area contributed by atoms with E-state index >= 15 is 0 Å². The maximum Gasteiger partial charge on any atom is 0.291 e. The number of nitrogens with two attached hydrogens (primary N) is 1. The number of hydrogen-bond donors (Lipinski definition) is 3. The predicted molar refractivity (Wildman–Crippen MR) is 143 cm³/mol. The summed E-state index contributed by atoms with van der Waals surface area (Å²) in [5.74, 6) is -0.0188. The van der Waals surface area contributed by atoms with E-state index in [0.29, 0.717) is 28.5 Å². The second-order valence-electron chi connectivity index (χ2n) is 8.87. The van der Waals surface area contributed by atoms with Gasteiger partial charge in [0.2, 0.25) is 5.82 Å². The summed E-state index contributed by atoms with van der Waals surface area (Å²) in [6, 6.07) is 10.5. The summed E-state index contributed by atoms with van der Waals surface area (Å²) in [4.78, 5) is 42.9. The molecule has 0 bridgehead atoms. The van der Waals surface area contributed by atoms with Crippen LogP contribution in [-0.2, 0) is 21.1 Å². The molecule has 4 N–H and O–H groups in total. The van der Waals surface area contributed by atoms with E-state index in [-0.39, 0.29) is 17.5 Å². The molecule has 194 valence electrons. The molecule has 12 heteroatoms. The largest absolute Gasteiger partial charge is 0.497 e. The number of carbonyl (C=O) groups excluding carboxylic acids is 3. The van der Waals surface area contributed by atoms with E-state index in [9.17, 15) is 14.4 Å². The number of hydrogen-bond acceptors (Lipinski definition) is 6. The summed E-state index contributed by atoms with van der Waals surface area (Å²) in [5.41, 5.74) is 7.96. The highest BCUT2D eigenvalue weighted by molar-refractivity contribution is 6.07. The molecule has 0 radical (unpaired) electrons. The molecule has 0 spiro atoms. The average molecular weight is 515 g/mol. The van der Waals surface area contributed by atoms with Crippen LogP contribution in [0.2, 0.25) is 0 Å². The molecule has 4 aromatic heterocycles. The fourth-order valence-electron chi connectivity index (χ4n) is 4.33. The SMILES string of the molecule is COc1ccc2c(ccn2C(=O)c2cc(NC(=O)c3cc(NC(=O)c4nc(N)cn4C)cn3C)cn2C)c1. The summed E-state index contributed by atoms with van der Waals surface area (Å²) in [6.07, 6.45) is 6.52. The van der Waals surface area contributed by atoms with Crippen LogP contribution < -0.4 is 21.1 Å². The molecule has 0 aliphatic carbocycles. The topological polar surface area (TPSA) is 143 Å². The third-order valence-electron chi connectivity index (χ3n) is 6.19. The number of methoxy groups -OCH3 is 1. The van der Waals surface area contributed by atoms with Gasteiger partial charge < -0.3 is 34.8 Å². The van der Waals surface area contributed by atoms with Crippen molar-refractivity contribution in [2.24, 2.45) is 21.1 Å². The molecule has 0 saturated heterocycles. The number of aromatic nitrogens is 5. The van der Waals surface area contributed by atoms with Gasteiger partial charge in [0, 0.05) is 51.3 Å². The van der Waals surface area contributed by atoms with Crippen molar-refractivity contribution in [1.82, 2.24) is 23.3 Å². The smallest absolute Gasteiger partial charge is 0.291 e. The number of nitrogens with one attached hydrogen (secondary N) is 2. The lowest BCUT2D eigenvalue weighted by molar-refractivity contribution is 0.0955. The van der Waals surface area contributed by atoms with Crippen LogP contribution in [0.4, 0.5) is 17.2 Å². The lowest BCUT2D eigenvalue weighted by Crippen LogP contribution is -2.16. The Labute approximate surface area is 217 Å². The molecule has 1 aromatic carbocycles. The molecule has 0 unspecified atom stereocenters. The number of ether oxygens (including phenoxy) is 1. The van der Waals surface area contributed by atoms with E-state index in [0.717, 1.165) is 10.9 Å². The van der Waals surface area contributed by atoms with Gasteiger partial charge >= 0.3 is 0 Å². The number of rotatable bonds is 6. The number of benzene rings is 1. The zero-order valence-electron chi connectivity index (χ0n) is 21.2. The Hall–Kier alpha value is -5.26. The van der Waals surface area contributed by atoms with Gasteiger partial charge in [0.05, 0.1) is 24.0 Å². The van der Waals surface area contributed by atoms with Crippen molar-refractivity contribution in [2.45, 2.75) is 0 Å². The summed E-state index contributed by atoms with van der Waals surface area (Å²) < 4.78 is 11.6. The van der Waals surface area contributed by atoms with E-state index in [1.807, 2.05) is 18.2 Å². The maximum atomic E-state index is 13.3. The molecule has 0 fully saturated rings. The quantitative estimate of drug-likeness (QED) is 0.318. The van der Waals surface area contributed by atoms with Crippen molar-refractivity contribution in [1.29, 1.82) is 0 Å². The molecular formula is C26H26N8O4. The molecule has 0 aliphatic rings. The first-order valence-electron chi connectivity index (χ1n) is 11.6. The van der Waals surface area contributed by atoms with Crippen LogP contribution in [0.25, 0.3) is 10.9 Å². The summed E-state index contributed by atoms with van der Waals surface area (Å²) in [5, 5.41) is 6.41. The van der Waals surface area contributed by atoms with Gasteiger partial charge in [-0.2, -0.15) is 0 Å². The Morgan fingerprint density at radius 3 is 2.16 bits per heavy atom. The fraction of sp³-hybridized carbons (Fsp3) is 0.154. The zero-order valence-corrected chi connectivity index (χ0v) is 21.2. The summed E-state index contributed by atoms with van der Waals surface area (Å²) in [6.45, 7) is 0. The molecular weight excluding hydrogens is 488 g/mol. The van der Waals surface area contributed by atoms with E-state index < -0.39 is 11.8 Å². The van der Waals surface area contributed by atoms with Gasteiger partial charge in [-0.05, 0) is 36.4 Å². The van der Waals surface area contributed by atoms with E-state index in [1.54, 1.807) is 78.7 Å². The van der Waals surface area contributed by atoms with E-state index in [1.165, 1.54) is 10.8 Å². The van der Waals surface area contributed by atoms with E-state index in [4.69, 9.17) is 10.5 Å². The van der Waals surface area contributed by atoms with Crippen molar-refractivity contribution < 1.29 is 19.1 Å². The maximum absolute atomic E-state index is 13.3.